The molecule has 2 N–H and O–H groups in total. The average Bonchev–Trinajstić information content (AvgIpc) is 3.13. The Labute approximate surface area is 112 Å². The minimum absolute atomic E-state index is 0.0141. The van der Waals surface area contributed by atoms with E-state index < -0.39 is 0 Å². The summed E-state index contributed by atoms with van der Waals surface area (Å²) in [5, 5.41) is 9.97. The molecule has 1 aromatic rings. The van der Waals surface area contributed by atoms with Crippen LogP contribution in [0.1, 0.15) is 26.7 Å². The normalized spacial score (nSPS) is 14.5. The Morgan fingerprint density at radius 1 is 1.53 bits per heavy atom. The predicted molar refractivity (Wildman–Crippen MR) is 73.0 cm³/mol. The predicted octanol–water partition coefficient (Wildman–Crippen LogP) is 0.590. The minimum atomic E-state index is -0.264. The van der Waals surface area contributed by atoms with Crippen LogP contribution in [0.2, 0.25) is 0 Å². The summed E-state index contributed by atoms with van der Waals surface area (Å²) in [6, 6.07) is 1.77. The van der Waals surface area contributed by atoms with Crippen LogP contribution in [0.25, 0.3) is 0 Å². The molecule has 2 rings (SSSR count). The van der Waals surface area contributed by atoms with Crippen molar-refractivity contribution in [1.29, 1.82) is 0 Å². The van der Waals surface area contributed by atoms with Gasteiger partial charge in [-0.1, -0.05) is 13.8 Å². The molecule has 1 heterocycles. The van der Waals surface area contributed by atoms with Gasteiger partial charge in [0, 0.05) is 18.7 Å². The number of amides is 1. The van der Waals surface area contributed by atoms with E-state index in [1.54, 1.807) is 6.20 Å². The molecule has 0 radical (unpaired) electrons. The number of rotatable bonds is 6. The molecule has 0 spiro atoms. The van der Waals surface area contributed by atoms with E-state index >= 15 is 0 Å². The maximum Gasteiger partial charge on any atom is 0.269 e. The summed E-state index contributed by atoms with van der Waals surface area (Å²) in [4.78, 5) is 23.4. The van der Waals surface area contributed by atoms with E-state index in [9.17, 15) is 9.59 Å². The van der Waals surface area contributed by atoms with Gasteiger partial charge < -0.3 is 10.6 Å². The van der Waals surface area contributed by atoms with Gasteiger partial charge in [-0.3, -0.25) is 9.59 Å². The highest BCUT2D eigenvalue weighted by Crippen LogP contribution is 2.18. The van der Waals surface area contributed by atoms with Crippen molar-refractivity contribution in [2.75, 3.05) is 11.9 Å². The molecule has 0 saturated heterocycles. The summed E-state index contributed by atoms with van der Waals surface area (Å²) in [5.41, 5.74) is 0.428. The molecule has 0 bridgehead atoms. The third-order valence-corrected chi connectivity index (χ3v) is 2.82. The highest BCUT2D eigenvalue weighted by atomic mass is 16.2. The van der Waals surface area contributed by atoms with Gasteiger partial charge in [0.2, 0.25) is 5.91 Å². The van der Waals surface area contributed by atoms with Crippen molar-refractivity contribution in [3.63, 3.8) is 0 Å². The maximum absolute atomic E-state index is 11.8. The smallest absolute Gasteiger partial charge is 0.269 e. The number of nitrogens with zero attached hydrogens (tertiary/aromatic N) is 2. The van der Waals surface area contributed by atoms with Gasteiger partial charge in [0.1, 0.15) is 6.54 Å². The molecule has 1 amide bonds. The number of anilines is 1. The van der Waals surface area contributed by atoms with Crippen LogP contribution in [-0.2, 0) is 11.3 Å². The number of carbonyl (C=O) groups excluding carboxylic acids is 1. The lowest BCUT2D eigenvalue weighted by Crippen LogP contribution is -2.34. The summed E-state index contributed by atoms with van der Waals surface area (Å²) < 4.78 is 1.18. The zero-order valence-corrected chi connectivity index (χ0v) is 11.3. The first kappa shape index (κ1) is 13.6. The van der Waals surface area contributed by atoms with Crippen LogP contribution < -0.4 is 16.2 Å². The molecule has 1 fully saturated rings. The monoisotopic (exact) mass is 264 g/mol. The fourth-order valence-corrected chi connectivity index (χ4v) is 1.61. The van der Waals surface area contributed by atoms with Crippen LogP contribution in [-0.4, -0.2) is 28.3 Å². The summed E-state index contributed by atoms with van der Waals surface area (Å²) >= 11 is 0. The number of hydrogen-bond donors (Lipinski definition) is 2. The third-order valence-electron chi connectivity index (χ3n) is 2.82. The van der Waals surface area contributed by atoms with Crippen LogP contribution in [0.15, 0.2) is 17.1 Å². The van der Waals surface area contributed by atoms with E-state index in [-0.39, 0.29) is 18.0 Å². The topological polar surface area (TPSA) is 76.0 Å². The molecule has 1 aliphatic carbocycles. The molecule has 0 aliphatic heterocycles. The Morgan fingerprint density at radius 3 is 2.84 bits per heavy atom. The van der Waals surface area contributed by atoms with Crippen molar-refractivity contribution in [3.8, 4) is 0 Å². The second-order valence-corrected chi connectivity index (χ2v) is 5.36. The lowest BCUT2D eigenvalue weighted by atomic mass is 10.2. The van der Waals surface area contributed by atoms with E-state index in [4.69, 9.17) is 0 Å². The zero-order valence-electron chi connectivity index (χ0n) is 11.3. The van der Waals surface area contributed by atoms with Crippen molar-refractivity contribution in [3.05, 3.63) is 22.6 Å². The van der Waals surface area contributed by atoms with E-state index in [1.807, 2.05) is 0 Å². The summed E-state index contributed by atoms with van der Waals surface area (Å²) in [6.45, 7) is 4.95. The molecule has 104 valence electrons. The van der Waals surface area contributed by atoms with Crippen molar-refractivity contribution in [1.82, 2.24) is 15.1 Å². The Bertz CT molecular complexity index is 506. The lowest BCUT2D eigenvalue weighted by Gasteiger charge is -2.09. The van der Waals surface area contributed by atoms with E-state index in [2.05, 4.69) is 29.6 Å². The lowest BCUT2D eigenvalue weighted by molar-refractivity contribution is -0.122. The highest BCUT2D eigenvalue weighted by Gasteiger charge is 2.23. The van der Waals surface area contributed by atoms with Crippen molar-refractivity contribution >= 4 is 11.6 Å². The number of carbonyl (C=O) groups is 1. The second kappa shape index (κ2) is 5.86. The Morgan fingerprint density at radius 2 is 2.26 bits per heavy atom. The highest BCUT2D eigenvalue weighted by molar-refractivity contribution is 5.76. The first-order valence-corrected chi connectivity index (χ1v) is 6.65. The quantitative estimate of drug-likeness (QED) is 0.788. The summed E-state index contributed by atoms with van der Waals surface area (Å²) in [6.07, 6.45) is 3.65. The molecule has 0 unspecified atom stereocenters. The first-order chi connectivity index (χ1) is 9.04. The molecule has 19 heavy (non-hydrogen) atoms. The van der Waals surface area contributed by atoms with Crippen LogP contribution in [0, 0.1) is 5.92 Å². The number of nitrogens with one attached hydrogen (secondary N) is 2. The van der Waals surface area contributed by atoms with Gasteiger partial charge in [-0.05, 0) is 18.8 Å². The summed E-state index contributed by atoms with van der Waals surface area (Å²) in [7, 11) is 0. The fourth-order valence-electron chi connectivity index (χ4n) is 1.61. The fraction of sp³-hybridized carbons (Fsp3) is 0.615. The molecule has 6 nitrogen and oxygen atoms in total. The zero-order chi connectivity index (χ0) is 13.8. The van der Waals surface area contributed by atoms with Gasteiger partial charge in [-0.2, -0.15) is 5.10 Å². The molecule has 1 aliphatic rings. The largest absolute Gasteiger partial charge is 0.383 e. The summed E-state index contributed by atoms with van der Waals surface area (Å²) in [5.74, 6) is 0.340. The molecule has 6 heteroatoms. The van der Waals surface area contributed by atoms with Crippen molar-refractivity contribution in [2.45, 2.75) is 39.3 Å². The second-order valence-electron chi connectivity index (χ2n) is 5.36. The number of aromatic nitrogens is 2. The van der Waals surface area contributed by atoms with E-state index in [0.717, 1.165) is 19.4 Å². The van der Waals surface area contributed by atoms with Crippen LogP contribution in [0.3, 0.4) is 0 Å². The van der Waals surface area contributed by atoms with E-state index in [1.165, 1.54) is 10.7 Å². The Hall–Kier alpha value is -1.85. The van der Waals surface area contributed by atoms with Gasteiger partial charge in [0.15, 0.2) is 0 Å². The Kier molecular flexibility index (Phi) is 4.19. The first-order valence-electron chi connectivity index (χ1n) is 6.65. The van der Waals surface area contributed by atoms with Gasteiger partial charge in [0.25, 0.3) is 5.56 Å². The van der Waals surface area contributed by atoms with Crippen LogP contribution >= 0.6 is 0 Å². The minimum Gasteiger partial charge on any atom is -0.383 e. The van der Waals surface area contributed by atoms with Crippen LogP contribution in [0.5, 0.6) is 0 Å². The van der Waals surface area contributed by atoms with Crippen LogP contribution in [0.4, 0.5) is 5.69 Å². The molecule has 1 saturated carbocycles. The SMILES string of the molecule is CC(C)CNc1cnn(CC(=O)NC2CC2)c(=O)c1. The molecule has 1 aromatic heterocycles. The standard InChI is InChI=1S/C13H20N4O2/c1-9(2)6-14-11-5-13(19)17(15-7-11)8-12(18)16-10-3-4-10/h5,7,9-10,14H,3-4,6,8H2,1-2H3,(H,16,18). The maximum atomic E-state index is 11.8. The molecule has 0 atom stereocenters. The molecule has 0 aromatic carbocycles. The van der Waals surface area contributed by atoms with Crippen molar-refractivity contribution < 1.29 is 4.79 Å². The van der Waals surface area contributed by atoms with Gasteiger partial charge in [-0.15, -0.1) is 0 Å². The van der Waals surface area contributed by atoms with Gasteiger partial charge in [-0.25, -0.2) is 4.68 Å². The average molecular weight is 264 g/mol. The third kappa shape index (κ3) is 4.39. The molecular formula is C13H20N4O2. The van der Waals surface area contributed by atoms with E-state index in [0.29, 0.717) is 17.6 Å². The number of hydrogen-bond acceptors (Lipinski definition) is 4. The molecular weight excluding hydrogens is 244 g/mol. The van der Waals surface area contributed by atoms with Gasteiger partial charge >= 0.3 is 0 Å². The van der Waals surface area contributed by atoms with Gasteiger partial charge in [0.05, 0.1) is 11.9 Å². The van der Waals surface area contributed by atoms with Crippen molar-refractivity contribution in [2.24, 2.45) is 5.92 Å². The Balaban J connectivity index is 1.94.